The molecule has 78 valence electrons. The van der Waals surface area contributed by atoms with Crippen molar-refractivity contribution in [3.05, 3.63) is 0 Å². The molecular weight excluding hydrogens is 222 g/mol. The van der Waals surface area contributed by atoms with Gasteiger partial charge in [0.05, 0.1) is 7.11 Å². The minimum atomic E-state index is -0.612. The summed E-state index contributed by atoms with van der Waals surface area (Å²) < 4.78 is 4.64. The van der Waals surface area contributed by atoms with E-state index in [0.717, 1.165) is 0 Å². The molecule has 1 atom stereocenters. The van der Waals surface area contributed by atoms with E-state index >= 15 is 0 Å². The largest absolute Gasteiger partial charge is 0.467 e. The lowest BCUT2D eigenvalue weighted by Gasteiger charge is -2.17. The number of amidine groups is 1. The second-order valence-corrected chi connectivity index (χ2v) is 3.95. The molecule has 1 aliphatic rings. The summed E-state index contributed by atoms with van der Waals surface area (Å²) in [5, 5.41) is 5.27. The molecule has 0 saturated heterocycles. The van der Waals surface area contributed by atoms with Crippen molar-refractivity contribution >= 4 is 39.7 Å². The van der Waals surface area contributed by atoms with Gasteiger partial charge >= 0.3 is 5.97 Å². The Balaban J connectivity index is 2.84. The molecular formula is C7H11N3O2S2. The first-order chi connectivity index (χ1) is 6.72. The Morgan fingerprint density at radius 1 is 1.50 bits per heavy atom. The van der Waals surface area contributed by atoms with E-state index in [9.17, 15) is 4.79 Å². The Bertz CT molecular complexity index is 291. The number of esters is 1. The van der Waals surface area contributed by atoms with E-state index in [-0.39, 0.29) is 5.97 Å². The van der Waals surface area contributed by atoms with Gasteiger partial charge in [-0.25, -0.2) is 9.79 Å². The highest BCUT2D eigenvalue weighted by Crippen LogP contribution is 2.14. The molecule has 0 radical (unpaired) electrons. The summed E-state index contributed by atoms with van der Waals surface area (Å²) >= 11 is 2.79. The Labute approximate surface area is 90.8 Å². The van der Waals surface area contributed by atoms with Crippen molar-refractivity contribution in [3.63, 3.8) is 0 Å². The fourth-order valence-corrected chi connectivity index (χ4v) is 1.74. The Morgan fingerprint density at radius 3 is 2.71 bits per heavy atom. The predicted molar refractivity (Wildman–Crippen MR) is 60.8 cm³/mol. The molecule has 1 aliphatic heterocycles. The molecule has 0 bridgehead atoms. The molecule has 1 N–H and O–H groups in total. The predicted octanol–water partition coefficient (Wildman–Crippen LogP) is 0.527. The summed E-state index contributed by atoms with van der Waals surface area (Å²) in [5.74, 6) is -0.383. The summed E-state index contributed by atoms with van der Waals surface area (Å²) in [4.78, 5) is 15.5. The number of aliphatic imine (C=N–C) groups is 1. The normalized spacial score (nSPS) is 20.6. The van der Waals surface area contributed by atoms with Crippen LogP contribution in [0.4, 0.5) is 0 Å². The average Bonchev–Trinajstić information content (AvgIpc) is 2.27. The zero-order chi connectivity index (χ0) is 10.6. The number of methoxy groups -OCH3 is 1. The van der Waals surface area contributed by atoms with E-state index in [1.165, 1.54) is 30.6 Å². The van der Waals surface area contributed by atoms with Gasteiger partial charge < -0.3 is 4.74 Å². The number of nitrogens with zero attached hydrogens (tertiary/aromatic N) is 2. The summed E-state index contributed by atoms with van der Waals surface area (Å²) in [6, 6.07) is -0.612. The van der Waals surface area contributed by atoms with Crippen molar-refractivity contribution in [2.24, 2.45) is 10.1 Å². The lowest BCUT2D eigenvalue weighted by Crippen LogP contribution is -2.35. The highest BCUT2D eigenvalue weighted by atomic mass is 32.2. The van der Waals surface area contributed by atoms with Crippen molar-refractivity contribution in [1.82, 2.24) is 5.43 Å². The highest BCUT2D eigenvalue weighted by Gasteiger charge is 2.27. The number of carbonyl (C=O) groups excluding carboxylic acids is 1. The van der Waals surface area contributed by atoms with Gasteiger partial charge in [0.2, 0.25) is 0 Å². The summed E-state index contributed by atoms with van der Waals surface area (Å²) in [5.41, 5.74) is 2.75. The molecule has 0 aromatic carbocycles. The molecule has 1 unspecified atom stereocenters. The first-order valence-corrected chi connectivity index (χ1v) is 6.25. The molecule has 0 amide bonds. The SMILES string of the molecule is COC(=O)C1N=C(SC)NN=C1SC. The van der Waals surface area contributed by atoms with Gasteiger partial charge in [0.15, 0.2) is 11.2 Å². The quantitative estimate of drug-likeness (QED) is 0.669. The third-order valence-corrected chi connectivity index (χ3v) is 2.89. The maximum atomic E-state index is 11.3. The van der Waals surface area contributed by atoms with Gasteiger partial charge in [-0.1, -0.05) is 11.8 Å². The number of ether oxygens (including phenoxy) is 1. The number of hydrogen-bond acceptors (Lipinski definition) is 7. The molecule has 14 heavy (non-hydrogen) atoms. The zero-order valence-corrected chi connectivity index (χ0v) is 9.74. The van der Waals surface area contributed by atoms with Gasteiger partial charge in [-0.05, 0) is 12.5 Å². The molecule has 7 heteroatoms. The van der Waals surface area contributed by atoms with Gasteiger partial charge in [0, 0.05) is 0 Å². The number of hydrazone groups is 1. The van der Waals surface area contributed by atoms with Gasteiger partial charge in [-0.3, -0.25) is 5.43 Å². The highest BCUT2D eigenvalue weighted by molar-refractivity contribution is 8.14. The van der Waals surface area contributed by atoms with E-state index in [1.54, 1.807) is 0 Å². The van der Waals surface area contributed by atoms with Crippen LogP contribution in [-0.4, -0.2) is 41.8 Å². The first kappa shape index (κ1) is 11.4. The Kier molecular flexibility index (Phi) is 4.27. The van der Waals surface area contributed by atoms with Crippen LogP contribution in [0, 0.1) is 0 Å². The van der Waals surface area contributed by atoms with Crippen molar-refractivity contribution < 1.29 is 9.53 Å². The summed E-state index contributed by atoms with van der Waals surface area (Å²) in [6.07, 6.45) is 3.70. The number of nitrogens with one attached hydrogen (secondary N) is 1. The maximum Gasteiger partial charge on any atom is 0.337 e. The van der Waals surface area contributed by atoms with Crippen LogP contribution in [0.1, 0.15) is 0 Å². The molecule has 1 rings (SSSR count). The van der Waals surface area contributed by atoms with Crippen molar-refractivity contribution in [2.45, 2.75) is 6.04 Å². The lowest BCUT2D eigenvalue weighted by molar-refractivity contribution is -0.140. The molecule has 0 spiro atoms. The van der Waals surface area contributed by atoms with Crippen LogP contribution in [0.25, 0.3) is 0 Å². The smallest absolute Gasteiger partial charge is 0.337 e. The fraction of sp³-hybridized carbons (Fsp3) is 0.571. The maximum absolute atomic E-state index is 11.3. The summed E-state index contributed by atoms with van der Waals surface area (Å²) in [7, 11) is 1.34. The molecule has 0 aromatic rings. The first-order valence-electron chi connectivity index (χ1n) is 3.80. The van der Waals surface area contributed by atoms with Gasteiger partial charge in [0.1, 0.15) is 5.04 Å². The standard InChI is InChI=1S/C7H11N3O2S2/c1-12-6(11)4-5(13-2)9-10-7(8-4)14-3/h4H,1-3H3,(H,8,10). The van der Waals surface area contributed by atoms with E-state index < -0.39 is 6.04 Å². The fourth-order valence-electron chi connectivity index (χ4n) is 0.886. The molecule has 0 aliphatic carbocycles. The van der Waals surface area contributed by atoms with E-state index in [1.807, 2.05) is 12.5 Å². The van der Waals surface area contributed by atoms with Gasteiger partial charge in [-0.2, -0.15) is 5.10 Å². The number of carbonyl (C=O) groups is 1. The van der Waals surface area contributed by atoms with Crippen LogP contribution in [0.3, 0.4) is 0 Å². The number of rotatable bonds is 1. The minimum Gasteiger partial charge on any atom is -0.467 e. The van der Waals surface area contributed by atoms with Crippen LogP contribution in [0.2, 0.25) is 0 Å². The van der Waals surface area contributed by atoms with E-state index in [2.05, 4.69) is 20.3 Å². The monoisotopic (exact) mass is 233 g/mol. The second kappa shape index (κ2) is 5.26. The topological polar surface area (TPSA) is 63.0 Å². The number of hydrogen-bond donors (Lipinski definition) is 1. The third-order valence-electron chi connectivity index (χ3n) is 1.57. The van der Waals surface area contributed by atoms with Gasteiger partial charge in [-0.15, -0.1) is 11.8 Å². The van der Waals surface area contributed by atoms with Crippen molar-refractivity contribution in [2.75, 3.05) is 19.6 Å². The molecule has 1 heterocycles. The Hall–Kier alpha value is -0.690. The van der Waals surface area contributed by atoms with Crippen molar-refractivity contribution in [3.8, 4) is 0 Å². The molecule has 5 nitrogen and oxygen atoms in total. The van der Waals surface area contributed by atoms with Crippen LogP contribution >= 0.6 is 23.5 Å². The van der Waals surface area contributed by atoms with E-state index in [4.69, 9.17) is 0 Å². The Morgan fingerprint density at radius 2 is 2.21 bits per heavy atom. The van der Waals surface area contributed by atoms with Crippen LogP contribution in [-0.2, 0) is 9.53 Å². The third kappa shape index (κ3) is 2.42. The van der Waals surface area contributed by atoms with E-state index in [0.29, 0.717) is 10.2 Å². The average molecular weight is 233 g/mol. The van der Waals surface area contributed by atoms with Gasteiger partial charge in [0.25, 0.3) is 0 Å². The lowest BCUT2D eigenvalue weighted by atomic mass is 10.3. The van der Waals surface area contributed by atoms with Crippen molar-refractivity contribution in [1.29, 1.82) is 0 Å². The van der Waals surface area contributed by atoms with Crippen LogP contribution in [0.5, 0.6) is 0 Å². The second-order valence-electron chi connectivity index (χ2n) is 2.33. The molecule has 0 saturated carbocycles. The number of thioether (sulfide) groups is 2. The van der Waals surface area contributed by atoms with Crippen LogP contribution in [0.15, 0.2) is 10.1 Å². The zero-order valence-electron chi connectivity index (χ0n) is 8.10. The molecule has 0 fully saturated rings. The minimum absolute atomic E-state index is 0.383. The molecule has 0 aromatic heterocycles. The van der Waals surface area contributed by atoms with Crippen LogP contribution < -0.4 is 5.43 Å². The summed E-state index contributed by atoms with van der Waals surface area (Å²) in [6.45, 7) is 0.